The second-order valence-corrected chi connectivity index (χ2v) is 12.8. The molecule has 0 spiro atoms. The van der Waals surface area contributed by atoms with Crippen molar-refractivity contribution < 1.29 is 74.0 Å². The molecule has 0 unspecified atom stereocenters. The van der Waals surface area contributed by atoms with Gasteiger partial charge in [0.1, 0.15) is 5.82 Å². The average Bonchev–Trinajstić information content (AvgIpc) is 3.19. The van der Waals surface area contributed by atoms with Crippen LogP contribution in [-0.4, -0.2) is 79.6 Å². The predicted octanol–water partition coefficient (Wildman–Crippen LogP) is 7.24. The summed E-state index contributed by atoms with van der Waals surface area (Å²) in [5, 5.41) is 12.6. The fourth-order valence-corrected chi connectivity index (χ4v) is 5.39. The van der Waals surface area contributed by atoms with Gasteiger partial charge in [0.15, 0.2) is 6.29 Å². The van der Waals surface area contributed by atoms with Gasteiger partial charge in [0.05, 0.1) is 41.0 Å². The number of carbonyl (C=O) groups excluding carboxylic acids is 3. The van der Waals surface area contributed by atoms with E-state index in [1.165, 1.54) is 69.6 Å². The Bertz CT molecular complexity index is 1980. The monoisotopic (exact) mass is 822 g/mol. The van der Waals surface area contributed by atoms with Gasteiger partial charge in [-0.25, -0.2) is 18.8 Å². The molecule has 0 aliphatic carbocycles. The number of hydrogen-bond donors (Lipinski definition) is 2. The van der Waals surface area contributed by atoms with E-state index in [9.17, 15) is 55.0 Å². The van der Waals surface area contributed by atoms with Crippen molar-refractivity contribution in [3.05, 3.63) is 142 Å². The molecule has 1 aliphatic heterocycles. The first kappa shape index (κ1) is 44.9. The van der Waals surface area contributed by atoms with Gasteiger partial charge >= 0.3 is 30.3 Å². The second-order valence-electron chi connectivity index (χ2n) is 12.8. The molecule has 18 heteroatoms. The molecule has 5 rings (SSSR count). The van der Waals surface area contributed by atoms with Gasteiger partial charge < -0.3 is 34.3 Å². The number of benzene rings is 4. The van der Waals surface area contributed by atoms with Crippen LogP contribution in [0.4, 0.5) is 30.7 Å². The summed E-state index contributed by atoms with van der Waals surface area (Å²) in [5.41, 5.74) is -2.30. The molecule has 4 aromatic carbocycles. The minimum atomic E-state index is -4.95. The first-order chi connectivity index (χ1) is 27.3. The molecule has 0 aromatic heterocycles. The Morgan fingerprint density at radius 1 is 0.759 bits per heavy atom. The summed E-state index contributed by atoms with van der Waals surface area (Å²) in [6.07, 6.45) is -15.9. The van der Waals surface area contributed by atoms with Gasteiger partial charge in [-0.1, -0.05) is 48.5 Å². The summed E-state index contributed by atoms with van der Waals surface area (Å²) in [4.78, 5) is 49.8. The third-order valence-corrected chi connectivity index (χ3v) is 8.36. The van der Waals surface area contributed by atoms with Crippen LogP contribution in [0.15, 0.2) is 103 Å². The summed E-state index contributed by atoms with van der Waals surface area (Å²) in [7, 11) is 2.73. The Hall–Kier alpha value is -5.85. The van der Waals surface area contributed by atoms with Gasteiger partial charge in [-0.3, -0.25) is 4.79 Å². The first-order valence-corrected chi connectivity index (χ1v) is 17.3. The number of carboxylic acids is 1. The topological polar surface area (TPSA) is 141 Å². The number of halogens is 7. The van der Waals surface area contributed by atoms with Crippen LogP contribution in [0.2, 0.25) is 0 Å². The van der Waals surface area contributed by atoms with Crippen LogP contribution in [0.1, 0.15) is 62.0 Å². The van der Waals surface area contributed by atoms with Gasteiger partial charge in [0, 0.05) is 20.6 Å². The lowest BCUT2D eigenvalue weighted by molar-refractivity contribution is -0.200. The zero-order chi connectivity index (χ0) is 42.8. The third-order valence-electron chi connectivity index (χ3n) is 8.36. The van der Waals surface area contributed by atoms with E-state index in [1.807, 2.05) is 0 Å². The maximum Gasteiger partial charge on any atom is 0.416 e. The molecule has 0 radical (unpaired) electrons. The van der Waals surface area contributed by atoms with Gasteiger partial charge in [0.25, 0.3) is 5.91 Å². The number of alkyl halides is 6. The van der Waals surface area contributed by atoms with Crippen molar-refractivity contribution in [3.63, 3.8) is 0 Å². The van der Waals surface area contributed by atoms with E-state index in [0.717, 1.165) is 4.90 Å². The Kier molecular flexibility index (Phi) is 15.1. The van der Waals surface area contributed by atoms with Crippen LogP contribution in [0.3, 0.4) is 0 Å². The van der Waals surface area contributed by atoms with E-state index in [0.29, 0.717) is 24.2 Å². The number of nitrogens with one attached hydrogen (secondary N) is 1. The number of morpholine rings is 1. The number of hydrogen-bond acceptors (Lipinski definition) is 9. The maximum absolute atomic E-state index is 13.2. The standard InChI is InChI=1S/C20H18F7NO2.C20H19NO7/c1-11(13-8-14(19(22,23)24)10-15(9-13)20(25,26)27)30-18-17(28-6-7-29-18)12-2-4-16(21)5-3-12;1-21(2)17(22)15(27-19(25)13-9-5-3-6-10-13)16(18(23)24)28-20(26)14-11-7-4-8-12-14/h2-5,8-11,17-18,28H,6-7H2,1H3;3-12,15-16H,1-2H3,(H,23,24)/t11-,17+,18-;15-,16-/m10/s1. The number of nitrogens with zero attached hydrogens (tertiary/aromatic N) is 1. The molecule has 0 bridgehead atoms. The van der Waals surface area contributed by atoms with Crippen LogP contribution < -0.4 is 5.32 Å². The lowest BCUT2D eigenvalue weighted by Crippen LogP contribution is -2.49. The summed E-state index contributed by atoms with van der Waals surface area (Å²) in [6.45, 7) is 2.01. The van der Waals surface area contributed by atoms with E-state index < -0.39 is 83.8 Å². The molecule has 58 heavy (non-hydrogen) atoms. The van der Waals surface area contributed by atoms with E-state index in [4.69, 9.17) is 18.9 Å². The van der Waals surface area contributed by atoms with Gasteiger partial charge in [-0.15, -0.1) is 0 Å². The zero-order valence-corrected chi connectivity index (χ0v) is 30.9. The van der Waals surface area contributed by atoms with Gasteiger partial charge in [-0.2, -0.15) is 26.3 Å². The second kappa shape index (κ2) is 19.5. The molecule has 1 amide bonds. The van der Waals surface area contributed by atoms with Crippen molar-refractivity contribution in [1.82, 2.24) is 10.2 Å². The fourth-order valence-electron chi connectivity index (χ4n) is 5.39. The number of aliphatic carboxylic acids is 1. The number of likely N-dealkylation sites (N-methyl/N-ethyl adjacent to an activating group) is 1. The highest BCUT2D eigenvalue weighted by atomic mass is 19.4. The van der Waals surface area contributed by atoms with Gasteiger partial charge in [0.2, 0.25) is 12.2 Å². The minimum absolute atomic E-state index is 0.0657. The lowest BCUT2D eigenvalue weighted by atomic mass is 10.0. The molecule has 310 valence electrons. The van der Waals surface area contributed by atoms with E-state index in [2.05, 4.69) is 5.32 Å². The minimum Gasteiger partial charge on any atom is -0.478 e. The number of esters is 2. The van der Waals surface area contributed by atoms with Crippen LogP contribution >= 0.6 is 0 Å². The molecule has 0 saturated carbocycles. The van der Waals surface area contributed by atoms with E-state index in [-0.39, 0.29) is 29.4 Å². The van der Waals surface area contributed by atoms with Crippen LogP contribution in [0.25, 0.3) is 0 Å². The first-order valence-electron chi connectivity index (χ1n) is 17.3. The summed E-state index contributed by atoms with van der Waals surface area (Å²) in [5.74, 6) is -4.78. The SMILES string of the molecule is CN(C)C(=O)[C@@H](OC(=O)c1ccccc1)[C@H](OC(=O)c1ccccc1)C(=O)O.C[C@@H](O[C@H]1OCCN[C@H]1c1ccc(F)cc1)c1cc(C(F)(F)F)cc(C(F)(F)F)c1. The normalized spacial score (nSPS) is 17.1. The number of rotatable bonds is 11. The maximum atomic E-state index is 13.2. The van der Waals surface area contributed by atoms with Crippen molar-refractivity contribution in [3.8, 4) is 0 Å². The number of carbonyl (C=O) groups is 4. The van der Waals surface area contributed by atoms with E-state index >= 15 is 0 Å². The zero-order valence-electron chi connectivity index (χ0n) is 30.9. The highest BCUT2D eigenvalue weighted by Crippen LogP contribution is 2.39. The molecule has 11 nitrogen and oxygen atoms in total. The lowest BCUT2D eigenvalue weighted by Gasteiger charge is -2.34. The van der Waals surface area contributed by atoms with Crippen molar-refractivity contribution in [2.75, 3.05) is 27.2 Å². The Morgan fingerprint density at radius 2 is 1.24 bits per heavy atom. The number of amides is 1. The highest BCUT2D eigenvalue weighted by molar-refractivity contribution is 5.96. The highest BCUT2D eigenvalue weighted by Gasteiger charge is 2.42. The van der Waals surface area contributed by atoms with Gasteiger partial charge in [-0.05, 0) is 72.6 Å². The van der Waals surface area contributed by atoms with Crippen LogP contribution in [-0.2, 0) is 40.9 Å². The molecule has 1 saturated heterocycles. The average molecular weight is 823 g/mol. The third kappa shape index (κ3) is 12.3. The summed E-state index contributed by atoms with van der Waals surface area (Å²) < 4.78 is 113. The van der Waals surface area contributed by atoms with E-state index in [1.54, 1.807) is 36.4 Å². The Morgan fingerprint density at radius 3 is 1.69 bits per heavy atom. The van der Waals surface area contributed by atoms with Crippen molar-refractivity contribution >= 4 is 23.8 Å². The van der Waals surface area contributed by atoms with Crippen molar-refractivity contribution in [2.45, 2.75) is 49.9 Å². The summed E-state index contributed by atoms with van der Waals surface area (Å²) in [6, 6.07) is 21.6. The Labute approximate surface area is 327 Å². The molecule has 2 N–H and O–H groups in total. The number of carboxylic acid groups (broad SMARTS) is 1. The molecule has 1 aliphatic rings. The molecule has 4 aromatic rings. The van der Waals surface area contributed by atoms with Crippen LogP contribution in [0.5, 0.6) is 0 Å². The predicted molar refractivity (Wildman–Crippen MR) is 190 cm³/mol. The quantitative estimate of drug-likeness (QED) is 0.118. The molecule has 5 atom stereocenters. The largest absolute Gasteiger partial charge is 0.478 e. The molecular formula is C40H37F7N2O9. The molecule has 1 heterocycles. The summed E-state index contributed by atoms with van der Waals surface area (Å²) >= 11 is 0. The van der Waals surface area contributed by atoms with Crippen molar-refractivity contribution in [1.29, 1.82) is 0 Å². The van der Waals surface area contributed by atoms with Crippen LogP contribution in [0, 0.1) is 5.82 Å². The fraction of sp³-hybridized carbons (Fsp3) is 0.300. The van der Waals surface area contributed by atoms with Crippen molar-refractivity contribution in [2.24, 2.45) is 0 Å². The smallest absolute Gasteiger partial charge is 0.416 e. The molecule has 1 fully saturated rings. The Balaban J connectivity index is 0.000000257. The number of ether oxygens (including phenoxy) is 4. The molecular weight excluding hydrogens is 785 g/mol.